The average Bonchev–Trinajstić information content (AvgIpc) is 3.87. The van der Waals surface area contributed by atoms with Crippen molar-refractivity contribution in [3.63, 3.8) is 0 Å². The first-order valence-electron chi connectivity index (χ1n) is 25.0. The van der Waals surface area contributed by atoms with Crippen molar-refractivity contribution in [1.82, 2.24) is 10.4 Å². The molecule has 20 nitrogen and oxygen atoms in total. The van der Waals surface area contributed by atoms with E-state index in [-0.39, 0.29) is 53.7 Å². The minimum Gasteiger partial charge on any atom is -0.455 e. The zero-order valence-electron chi connectivity index (χ0n) is 42.8. The molecule has 2 heterocycles. The van der Waals surface area contributed by atoms with E-state index in [1.165, 1.54) is 38.1 Å². The number of carbonyl (C=O) groups is 10. The molecule has 0 spiro atoms. The zero-order valence-corrected chi connectivity index (χ0v) is 42.8. The molecule has 3 N–H and O–H groups in total. The number of fused-ring (bicyclic) bond motifs is 5. The molecule has 0 radical (unpaired) electrons. The molecule has 5 aliphatic rings. The van der Waals surface area contributed by atoms with E-state index in [9.17, 15) is 48.6 Å². The summed E-state index contributed by atoms with van der Waals surface area (Å²) >= 11 is 0. The van der Waals surface area contributed by atoms with Crippen LogP contribution in [0.25, 0.3) is 0 Å². The fourth-order valence-electron chi connectivity index (χ4n) is 12.1. The number of Topliss-reactive ketones (excluding diaryl/α,β-unsaturated/α-hetero) is 2. The molecule has 3 aliphatic carbocycles. The number of aliphatic hydroxyl groups excluding tert-OH is 1. The number of benzene rings is 3. The Kier molecular flexibility index (Phi) is 15.4. The molecule has 3 amide bonds. The van der Waals surface area contributed by atoms with Crippen LogP contribution >= 0.6 is 0 Å². The van der Waals surface area contributed by atoms with Gasteiger partial charge in [-0.3, -0.25) is 38.4 Å². The number of imide groups is 1. The van der Waals surface area contributed by atoms with E-state index in [1.54, 1.807) is 80.6 Å². The van der Waals surface area contributed by atoms with E-state index in [0.717, 1.165) is 13.8 Å². The van der Waals surface area contributed by atoms with Gasteiger partial charge in [-0.25, -0.2) is 9.59 Å². The van der Waals surface area contributed by atoms with Crippen LogP contribution in [0.1, 0.15) is 119 Å². The molecule has 3 aromatic carbocycles. The van der Waals surface area contributed by atoms with Crippen molar-refractivity contribution in [3.05, 3.63) is 119 Å². The molecule has 2 bridgehead atoms. The summed E-state index contributed by atoms with van der Waals surface area (Å²) in [6.07, 6.45) is -11.4. The van der Waals surface area contributed by atoms with Gasteiger partial charge >= 0.3 is 29.8 Å². The van der Waals surface area contributed by atoms with Gasteiger partial charge in [-0.1, -0.05) is 92.7 Å². The van der Waals surface area contributed by atoms with Crippen LogP contribution in [0, 0.1) is 22.7 Å². The Morgan fingerprint density at radius 2 is 1.37 bits per heavy atom. The van der Waals surface area contributed by atoms with Crippen molar-refractivity contribution < 1.29 is 86.7 Å². The van der Waals surface area contributed by atoms with Crippen molar-refractivity contribution in [2.45, 2.75) is 134 Å². The van der Waals surface area contributed by atoms with E-state index >= 15 is 9.59 Å². The highest BCUT2D eigenvalue weighted by Crippen LogP contribution is 2.66. The molecule has 2 saturated carbocycles. The second kappa shape index (κ2) is 21.3. The van der Waals surface area contributed by atoms with E-state index in [0.29, 0.717) is 5.06 Å². The Hall–Kier alpha value is -7.42. The summed E-state index contributed by atoms with van der Waals surface area (Å²) in [6, 6.07) is 22.4. The van der Waals surface area contributed by atoms with Crippen LogP contribution in [0.15, 0.2) is 102 Å². The van der Waals surface area contributed by atoms with Gasteiger partial charge in [0.05, 0.1) is 36.6 Å². The smallest absolute Gasteiger partial charge is 0.350 e. The average molecular weight is 1050 g/mol. The molecule has 0 aromatic heterocycles. The largest absolute Gasteiger partial charge is 0.455 e. The summed E-state index contributed by atoms with van der Waals surface area (Å²) in [4.78, 5) is 142. The van der Waals surface area contributed by atoms with Crippen molar-refractivity contribution in [2.75, 3.05) is 6.61 Å². The Balaban J connectivity index is 1.25. The summed E-state index contributed by atoms with van der Waals surface area (Å²) in [5, 5.41) is 29.4. The number of esters is 4. The number of carbonyl (C=O) groups excluding carboxylic acids is 10. The Morgan fingerprint density at radius 1 is 0.789 bits per heavy atom. The van der Waals surface area contributed by atoms with Gasteiger partial charge in [-0.05, 0) is 42.7 Å². The summed E-state index contributed by atoms with van der Waals surface area (Å²) in [5.41, 5.74) is -7.09. The molecule has 4 fully saturated rings. The molecule has 2 aliphatic heterocycles. The van der Waals surface area contributed by atoms with Crippen molar-refractivity contribution in [2.24, 2.45) is 22.7 Å². The number of hydroxylamine groups is 2. The van der Waals surface area contributed by atoms with E-state index in [1.807, 2.05) is 0 Å². The lowest BCUT2D eigenvalue weighted by Crippen LogP contribution is -2.80. The standard InChI is InChI=1S/C56H60N2O18/c1-30-38(73-52(69)48(74-43(65)24-25-44(66)76-58-41(63)22-23-42(58)64)46(34-18-12-8-13-19-34)57-51(68)35-20-14-9-15-21-35)28-56(70)36(26-37(61)33-16-10-7-11-17-33)49-54(6,39(62)27-40-55(49,29-71-40)75-32(3)60)50(67)47(72-31(2)59)45(30)53(56,4)5/h7-21,36,38-40,46-49,62,70H,22-29H2,1-6H3,(H,57,68)/t36?,38?,39-,40+,46-,47+,48?,49-,54+,55-,56+/m0/s1. The van der Waals surface area contributed by atoms with Crippen molar-refractivity contribution in [1.29, 1.82) is 0 Å². The number of nitrogens with one attached hydrogen (secondary N) is 1. The van der Waals surface area contributed by atoms with Crippen LogP contribution in [-0.2, 0) is 66.9 Å². The normalized spacial score (nSPS) is 29.2. The molecule has 3 unspecified atom stereocenters. The summed E-state index contributed by atoms with van der Waals surface area (Å²) < 4.78 is 30.4. The monoisotopic (exact) mass is 1050 g/mol. The molecule has 2 saturated heterocycles. The second-order valence-corrected chi connectivity index (χ2v) is 20.8. The minimum absolute atomic E-state index is 0.0317. The zero-order chi connectivity index (χ0) is 55.1. The molecular formula is C56H60N2O18. The molecule has 20 heteroatoms. The Bertz CT molecular complexity index is 2850. The second-order valence-electron chi connectivity index (χ2n) is 20.8. The van der Waals surface area contributed by atoms with Gasteiger partial charge in [0.2, 0.25) is 6.10 Å². The molecule has 8 rings (SSSR count). The van der Waals surface area contributed by atoms with E-state index < -0.39 is 155 Å². The van der Waals surface area contributed by atoms with Crippen LogP contribution in [0.5, 0.6) is 0 Å². The maximum Gasteiger partial charge on any atom is 0.350 e. The van der Waals surface area contributed by atoms with Crippen molar-refractivity contribution >= 4 is 59.1 Å². The number of aliphatic hydroxyl groups is 2. The third kappa shape index (κ3) is 9.96. The van der Waals surface area contributed by atoms with Gasteiger partial charge in [0.1, 0.15) is 18.2 Å². The summed E-state index contributed by atoms with van der Waals surface area (Å²) in [6.45, 7) is 8.00. The number of amides is 3. The van der Waals surface area contributed by atoms with Gasteiger partial charge in [-0.15, -0.1) is 5.06 Å². The molecule has 76 heavy (non-hydrogen) atoms. The number of hydrogen-bond donors (Lipinski definition) is 3. The number of ketones is 2. The highest BCUT2D eigenvalue weighted by atomic mass is 16.7. The first-order valence-corrected chi connectivity index (χ1v) is 25.0. The molecular weight excluding hydrogens is 989 g/mol. The highest BCUT2D eigenvalue weighted by Gasteiger charge is 2.77. The summed E-state index contributed by atoms with van der Waals surface area (Å²) in [5.74, 6) is -11.9. The third-order valence-electron chi connectivity index (χ3n) is 15.9. The lowest BCUT2D eigenvalue weighted by Gasteiger charge is -2.68. The van der Waals surface area contributed by atoms with Crippen LogP contribution < -0.4 is 5.32 Å². The van der Waals surface area contributed by atoms with E-state index in [2.05, 4.69) is 5.32 Å². The third-order valence-corrected chi connectivity index (χ3v) is 15.9. The van der Waals surface area contributed by atoms with Gasteiger partial charge in [0.25, 0.3) is 17.7 Å². The van der Waals surface area contributed by atoms with Crippen molar-refractivity contribution in [3.8, 4) is 0 Å². The molecule has 3 aromatic rings. The van der Waals surface area contributed by atoms with E-state index in [4.69, 9.17) is 28.5 Å². The fourth-order valence-corrected chi connectivity index (χ4v) is 12.1. The number of nitrogens with zero attached hydrogens (tertiary/aromatic N) is 1. The minimum atomic E-state index is -2.32. The molecule has 11 atom stereocenters. The highest BCUT2D eigenvalue weighted by molar-refractivity contribution is 6.02. The SMILES string of the molecule is CC(=O)O[C@H]1C(=O)[C@@]2(C)[C@H](C(CC(=O)c3ccccc3)[C@]3(O)CC(OC(=O)C(OC(=O)CCC(=O)ON4C(=O)CCC4=O)[C@@H](NC(=O)c4ccccc4)c4ccccc4)C(C)=C1C3(C)C)[C@]1(OC(C)=O)CO[C@@H]1C[C@@H]2O. The van der Waals surface area contributed by atoms with Gasteiger partial charge < -0.3 is 44.1 Å². The predicted molar refractivity (Wildman–Crippen MR) is 261 cm³/mol. The number of rotatable bonds is 16. The van der Waals surface area contributed by atoms with Gasteiger partial charge in [-0.2, -0.15) is 0 Å². The van der Waals surface area contributed by atoms with Crippen LogP contribution in [0.2, 0.25) is 0 Å². The van der Waals surface area contributed by atoms with Crippen LogP contribution in [-0.4, -0.2) is 123 Å². The van der Waals surface area contributed by atoms with Gasteiger partial charge in [0, 0.05) is 74.3 Å². The Labute approximate surface area is 437 Å². The first kappa shape index (κ1) is 54.8. The maximum absolute atomic E-state index is 15.8. The predicted octanol–water partition coefficient (Wildman–Crippen LogP) is 4.34. The first-order chi connectivity index (χ1) is 35.9. The number of hydrogen-bond acceptors (Lipinski definition) is 18. The van der Waals surface area contributed by atoms with Crippen LogP contribution in [0.4, 0.5) is 0 Å². The van der Waals surface area contributed by atoms with Crippen LogP contribution in [0.3, 0.4) is 0 Å². The molecule has 402 valence electrons. The maximum atomic E-state index is 15.8. The number of ether oxygens (including phenoxy) is 5. The quantitative estimate of drug-likeness (QED) is 0.0591. The van der Waals surface area contributed by atoms with Gasteiger partial charge in [0.15, 0.2) is 23.3 Å². The fraction of sp³-hybridized carbons (Fsp3) is 0.464. The summed E-state index contributed by atoms with van der Waals surface area (Å²) in [7, 11) is 0. The topological polar surface area (TPSA) is 282 Å². The Morgan fingerprint density at radius 3 is 1.93 bits per heavy atom. The lowest BCUT2D eigenvalue weighted by atomic mass is 9.42. The lowest BCUT2D eigenvalue weighted by molar-refractivity contribution is -0.339.